The van der Waals surface area contributed by atoms with Crippen LogP contribution in [0.2, 0.25) is 0 Å². The lowest BCUT2D eigenvalue weighted by Gasteiger charge is -2.22. The van der Waals surface area contributed by atoms with Gasteiger partial charge in [-0.15, -0.1) is 0 Å². The Kier molecular flexibility index (Phi) is 5.52. The summed E-state index contributed by atoms with van der Waals surface area (Å²) in [5.74, 6) is -1.30. The lowest BCUT2D eigenvalue weighted by atomic mass is 10.2. The summed E-state index contributed by atoms with van der Waals surface area (Å²) in [4.78, 5) is 11.0. The van der Waals surface area contributed by atoms with E-state index in [-0.39, 0.29) is 16.1 Å². The number of sulfonamides is 1. The highest BCUT2D eigenvalue weighted by Crippen LogP contribution is 2.23. The predicted molar refractivity (Wildman–Crippen MR) is 77.2 cm³/mol. The first-order valence-corrected chi connectivity index (χ1v) is 7.91. The highest BCUT2D eigenvalue weighted by Gasteiger charge is 2.28. The Morgan fingerprint density at radius 3 is 2.25 bits per heavy atom. The van der Waals surface area contributed by atoms with Crippen LogP contribution in [0, 0.1) is 0 Å². The number of rotatable bonds is 7. The summed E-state index contributed by atoms with van der Waals surface area (Å²) in [6.07, 6.45) is 1.33. The van der Waals surface area contributed by atoms with Crippen molar-refractivity contribution in [3.8, 4) is 0 Å². The molecule has 0 saturated heterocycles. The molecule has 6 nitrogen and oxygen atoms in total. The Morgan fingerprint density at radius 2 is 1.80 bits per heavy atom. The number of nitrogens with two attached hydrogens (primary N) is 1. The second-order valence-corrected chi connectivity index (χ2v) is 6.37. The van der Waals surface area contributed by atoms with E-state index in [2.05, 4.69) is 0 Å². The molecule has 0 radical (unpaired) electrons. The average molecular weight is 300 g/mol. The molecular weight excluding hydrogens is 280 g/mol. The van der Waals surface area contributed by atoms with Gasteiger partial charge in [-0.05, 0) is 31.0 Å². The molecule has 1 aromatic carbocycles. The van der Waals surface area contributed by atoms with Crippen LogP contribution in [0.25, 0.3) is 0 Å². The van der Waals surface area contributed by atoms with Crippen molar-refractivity contribution in [3.63, 3.8) is 0 Å². The molecule has 0 saturated carbocycles. The molecule has 0 atom stereocenters. The molecule has 0 heterocycles. The molecule has 112 valence electrons. The summed E-state index contributed by atoms with van der Waals surface area (Å²) >= 11 is 0. The smallest absolute Gasteiger partial charge is 0.337 e. The largest absolute Gasteiger partial charge is 0.478 e. The summed E-state index contributed by atoms with van der Waals surface area (Å²) in [6.45, 7) is 4.47. The van der Waals surface area contributed by atoms with E-state index in [0.717, 1.165) is 0 Å². The zero-order valence-electron chi connectivity index (χ0n) is 11.7. The van der Waals surface area contributed by atoms with E-state index in [0.29, 0.717) is 25.9 Å². The molecule has 7 heteroatoms. The SMILES string of the molecule is CCCN(CCC)S(=O)(=O)c1ccc(N)cc1C(=O)O. The van der Waals surface area contributed by atoms with E-state index in [1.54, 1.807) is 0 Å². The van der Waals surface area contributed by atoms with Crippen LogP contribution >= 0.6 is 0 Å². The second kappa shape index (κ2) is 6.71. The van der Waals surface area contributed by atoms with Crippen molar-refractivity contribution < 1.29 is 18.3 Å². The van der Waals surface area contributed by atoms with Gasteiger partial charge in [-0.2, -0.15) is 4.31 Å². The van der Waals surface area contributed by atoms with Gasteiger partial charge in [0.05, 0.1) is 10.5 Å². The Hall–Kier alpha value is -1.60. The maximum Gasteiger partial charge on any atom is 0.337 e. The molecular formula is C13H20N2O4S. The van der Waals surface area contributed by atoms with Gasteiger partial charge >= 0.3 is 5.97 Å². The van der Waals surface area contributed by atoms with Crippen LogP contribution in [-0.2, 0) is 10.0 Å². The molecule has 0 spiro atoms. The van der Waals surface area contributed by atoms with Crippen molar-refractivity contribution in [1.29, 1.82) is 0 Å². The average Bonchev–Trinajstić information content (AvgIpc) is 2.38. The van der Waals surface area contributed by atoms with Crippen LogP contribution < -0.4 is 5.73 Å². The second-order valence-electron chi connectivity index (χ2n) is 4.46. The molecule has 0 aliphatic carbocycles. The first-order valence-electron chi connectivity index (χ1n) is 6.47. The predicted octanol–water partition coefficient (Wildman–Crippen LogP) is 1.78. The van der Waals surface area contributed by atoms with E-state index >= 15 is 0 Å². The minimum atomic E-state index is -3.82. The number of carbonyl (C=O) groups is 1. The normalized spacial score (nSPS) is 11.8. The lowest BCUT2D eigenvalue weighted by Crippen LogP contribution is -2.33. The van der Waals surface area contributed by atoms with Crippen molar-refractivity contribution in [1.82, 2.24) is 4.31 Å². The van der Waals surface area contributed by atoms with Gasteiger partial charge in [0.15, 0.2) is 0 Å². The minimum absolute atomic E-state index is 0.207. The van der Waals surface area contributed by atoms with Gasteiger partial charge in [0.1, 0.15) is 0 Å². The molecule has 0 aromatic heterocycles. The fourth-order valence-corrected chi connectivity index (χ4v) is 3.72. The minimum Gasteiger partial charge on any atom is -0.478 e. The quantitative estimate of drug-likeness (QED) is 0.747. The monoisotopic (exact) mass is 300 g/mol. The van der Waals surface area contributed by atoms with Gasteiger partial charge in [-0.3, -0.25) is 0 Å². The molecule has 20 heavy (non-hydrogen) atoms. The fraction of sp³-hybridized carbons (Fsp3) is 0.462. The highest BCUT2D eigenvalue weighted by molar-refractivity contribution is 7.89. The number of nitrogen functional groups attached to an aromatic ring is 1. The van der Waals surface area contributed by atoms with Gasteiger partial charge < -0.3 is 10.8 Å². The van der Waals surface area contributed by atoms with Gasteiger partial charge in [0, 0.05) is 18.8 Å². The summed E-state index contributed by atoms with van der Waals surface area (Å²) in [6, 6.07) is 3.83. The maximum absolute atomic E-state index is 12.6. The Labute approximate surface area is 119 Å². The molecule has 0 unspecified atom stereocenters. The molecule has 0 aliphatic heterocycles. The number of hydrogen-bond donors (Lipinski definition) is 2. The molecule has 3 N–H and O–H groups in total. The standard InChI is InChI=1S/C13H20N2O4S/c1-3-7-15(8-4-2)20(18,19)12-6-5-10(14)9-11(12)13(16)17/h5-6,9H,3-4,7-8,14H2,1-2H3,(H,16,17). The fourth-order valence-electron chi connectivity index (χ4n) is 1.93. The third-order valence-corrected chi connectivity index (χ3v) is 4.75. The summed E-state index contributed by atoms with van der Waals surface area (Å²) in [7, 11) is -3.82. The summed E-state index contributed by atoms with van der Waals surface area (Å²) in [5, 5.41) is 9.16. The first kappa shape index (κ1) is 16.5. The molecule has 0 bridgehead atoms. The van der Waals surface area contributed by atoms with Crippen molar-refractivity contribution in [3.05, 3.63) is 23.8 Å². The van der Waals surface area contributed by atoms with E-state index in [1.165, 1.54) is 22.5 Å². The van der Waals surface area contributed by atoms with Gasteiger partial charge in [-0.25, -0.2) is 13.2 Å². The van der Waals surface area contributed by atoms with E-state index < -0.39 is 16.0 Å². The topological polar surface area (TPSA) is 101 Å². The van der Waals surface area contributed by atoms with Gasteiger partial charge in [0.2, 0.25) is 10.0 Å². The number of anilines is 1. The van der Waals surface area contributed by atoms with Crippen LogP contribution in [0.4, 0.5) is 5.69 Å². The number of carboxylic acids is 1. The molecule has 0 amide bonds. The zero-order valence-corrected chi connectivity index (χ0v) is 12.5. The van der Waals surface area contributed by atoms with Crippen LogP contribution in [0.3, 0.4) is 0 Å². The van der Waals surface area contributed by atoms with Crippen molar-refractivity contribution in [2.75, 3.05) is 18.8 Å². The number of aromatic carboxylic acids is 1. The summed E-state index contributed by atoms with van der Waals surface area (Å²) in [5.41, 5.74) is 5.46. The van der Waals surface area contributed by atoms with Crippen molar-refractivity contribution in [2.24, 2.45) is 0 Å². The van der Waals surface area contributed by atoms with Crippen molar-refractivity contribution >= 4 is 21.7 Å². The van der Waals surface area contributed by atoms with Crippen LogP contribution in [0.1, 0.15) is 37.0 Å². The van der Waals surface area contributed by atoms with Crippen LogP contribution in [0.5, 0.6) is 0 Å². The number of benzene rings is 1. The number of nitrogens with zero attached hydrogens (tertiary/aromatic N) is 1. The zero-order chi connectivity index (χ0) is 15.3. The van der Waals surface area contributed by atoms with Crippen LogP contribution in [0.15, 0.2) is 23.1 Å². The van der Waals surface area contributed by atoms with E-state index in [9.17, 15) is 13.2 Å². The van der Waals surface area contributed by atoms with E-state index in [4.69, 9.17) is 10.8 Å². The molecule has 1 rings (SSSR count). The van der Waals surface area contributed by atoms with E-state index in [1.807, 2.05) is 13.8 Å². The number of carboxylic acid groups (broad SMARTS) is 1. The summed E-state index contributed by atoms with van der Waals surface area (Å²) < 4.78 is 26.5. The third kappa shape index (κ3) is 3.49. The van der Waals surface area contributed by atoms with Crippen molar-refractivity contribution in [2.45, 2.75) is 31.6 Å². The Balaban J connectivity index is 3.36. The molecule has 0 fully saturated rings. The highest BCUT2D eigenvalue weighted by atomic mass is 32.2. The Morgan fingerprint density at radius 1 is 1.25 bits per heavy atom. The third-order valence-electron chi connectivity index (χ3n) is 2.80. The first-order chi connectivity index (χ1) is 9.34. The van der Waals surface area contributed by atoms with Gasteiger partial charge in [0.25, 0.3) is 0 Å². The van der Waals surface area contributed by atoms with Crippen LogP contribution in [-0.4, -0.2) is 36.9 Å². The molecule has 0 aliphatic rings. The molecule has 1 aromatic rings. The maximum atomic E-state index is 12.6. The Bertz CT molecular complexity index is 578. The van der Waals surface area contributed by atoms with Gasteiger partial charge in [-0.1, -0.05) is 13.8 Å². The number of hydrogen-bond acceptors (Lipinski definition) is 4. The lowest BCUT2D eigenvalue weighted by molar-refractivity contribution is 0.0692.